The average molecular weight is 274 g/mol. The fraction of sp³-hybridized carbons (Fsp3) is 0.667. The summed E-state index contributed by atoms with van der Waals surface area (Å²) in [5.41, 5.74) is 1.78. The Labute approximate surface area is 112 Å². The Bertz CT molecular complexity index is 418. The van der Waals surface area contributed by atoms with Gasteiger partial charge in [0.1, 0.15) is 0 Å². The van der Waals surface area contributed by atoms with Gasteiger partial charge in [0, 0.05) is 19.1 Å². The molecule has 0 fully saturated rings. The summed E-state index contributed by atoms with van der Waals surface area (Å²) in [6.45, 7) is 7.20. The van der Waals surface area contributed by atoms with Crippen LogP contribution in [0.5, 0.6) is 0 Å². The number of aryl methyl sites for hydroxylation is 2. The van der Waals surface area contributed by atoms with E-state index in [1.807, 2.05) is 25.5 Å². The van der Waals surface area contributed by atoms with Crippen LogP contribution in [0.3, 0.4) is 0 Å². The highest BCUT2D eigenvalue weighted by Gasteiger charge is 2.14. The van der Waals surface area contributed by atoms with Crippen molar-refractivity contribution in [2.75, 3.05) is 7.11 Å². The van der Waals surface area contributed by atoms with Gasteiger partial charge in [0.25, 0.3) is 0 Å². The zero-order valence-electron chi connectivity index (χ0n) is 11.3. The molecule has 0 aromatic carbocycles. The molecule has 1 rings (SSSR count). The number of esters is 1. The second-order valence-corrected chi connectivity index (χ2v) is 4.60. The van der Waals surface area contributed by atoms with Crippen LogP contribution in [-0.4, -0.2) is 28.9 Å². The van der Waals surface area contributed by atoms with Gasteiger partial charge in [-0.2, -0.15) is 5.10 Å². The molecule has 1 aromatic heterocycles. The Hall–Kier alpha value is -1.07. The molecule has 1 aromatic rings. The van der Waals surface area contributed by atoms with Crippen molar-refractivity contribution in [3.8, 4) is 0 Å². The highest BCUT2D eigenvalue weighted by atomic mass is 35.5. The molecule has 0 saturated carbocycles. The summed E-state index contributed by atoms with van der Waals surface area (Å²) in [7, 11) is 1.39. The Balaban J connectivity index is 2.60. The van der Waals surface area contributed by atoms with E-state index < -0.39 is 0 Å². The number of methoxy groups -OCH3 is 1. The van der Waals surface area contributed by atoms with E-state index in [1.54, 1.807) is 0 Å². The van der Waals surface area contributed by atoms with E-state index in [9.17, 15) is 4.79 Å². The molecule has 1 heterocycles. The first-order valence-corrected chi connectivity index (χ1v) is 6.39. The molecule has 0 amide bonds. The molecule has 1 unspecified atom stereocenters. The van der Waals surface area contributed by atoms with Crippen molar-refractivity contribution in [2.24, 2.45) is 0 Å². The van der Waals surface area contributed by atoms with Crippen molar-refractivity contribution in [3.63, 3.8) is 0 Å². The van der Waals surface area contributed by atoms with Crippen molar-refractivity contribution in [3.05, 3.63) is 16.4 Å². The van der Waals surface area contributed by atoms with Gasteiger partial charge < -0.3 is 10.1 Å². The normalized spacial score (nSPS) is 12.5. The van der Waals surface area contributed by atoms with Crippen molar-refractivity contribution >= 4 is 17.6 Å². The van der Waals surface area contributed by atoms with Crippen molar-refractivity contribution in [1.82, 2.24) is 15.1 Å². The molecule has 6 heteroatoms. The lowest BCUT2D eigenvalue weighted by Crippen LogP contribution is -2.29. The Kier molecular flexibility index (Phi) is 5.62. The number of hydrogen-bond donors (Lipinski definition) is 1. The van der Waals surface area contributed by atoms with Crippen molar-refractivity contribution in [1.29, 1.82) is 0 Å². The van der Waals surface area contributed by atoms with Gasteiger partial charge in [0.2, 0.25) is 0 Å². The lowest BCUT2D eigenvalue weighted by Gasteiger charge is -2.13. The minimum absolute atomic E-state index is 0.0361. The van der Waals surface area contributed by atoms with Crippen LogP contribution >= 0.6 is 11.6 Å². The van der Waals surface area contributed by atoms with E-state index >= 15 is 0 Å². The molecular formula is C12H20ClN3O2. The molecule has 18 heavy (non-hydrogen) atoms. The maximum Gasteiger partial charge on any atom is 0.307 e. The van der Waals surface area contributed by atoms with Gasteiger partial charge in [0.15, 0.2) is 0 Å². The number of carbonyl (C=O) groups excluding carboxylic acids is 1. The highest BCUT2D eigenvalue weighted by Crippen LogP contribution is 2.20. The monoisotopic (exact) mass is 273 g/mol. The molecular weight excluding hydrogens is 254 g/mol. The van der Waals surface area contributed by atoms with Gasteiger partial charge in [0.05, 0.1) is 29.9 Å². The first-order valence-electron chi connectivity index (χ1n) is 6.01. The third kappa shape index (κ3) is 3.71. The summed E-state index contributed by atoms with van der Waals surface area (Å²) >= 11 is 6.19. The van der Waals surface area contributed by atoms with Gasteiger partial charge in [-0.25, -0.2) is 0 Å². The van der Waals surface area contributed by atoms with E-state index in [0.717, 1.165) is 17.9 Å². The van der Waals surface area contributed by atoms with Crippen LogP contribution in [0.1, 0.15) is 31.7 Å². The number of ether oxygens (including phenoxy) is 1. The van der Waals surface area contributed by atoms with Crippen LogP contribution in [0.15, 0.2) is 0 Å². The zero-order chi connectivity index (χ0) is 13.7. The summed E-state index contributed by atoms with van der Waals surface area (Å²) in [5.74, 6) is -0.221. The lowest BCUT2D eigenvalue weighted by atomic mass is 10.2. The van der Waals surface area contributed by atoms with Gasteiger partial charge in [-0.3, -0.25) is 9.48 Å². The summed E-state index contributed by atoms with van der Waals surface area (Å²) in [6.07, 6.45) is 0.341. The van der Waals surface area contributed by atoms with Gasteiger partial charge in [-0.05, 0) is 20.8 Å². The summed E-state index contributed by atoms with van der Waals surface area (Å²) in [5, 5.41) is 8.27. The Morgan fingerprint density at radius 1 is 1.61 bits per heavy atom. The third-order valence-electron chi connectivity index (χ3n) is 2.77. The molecule has 1 atom stereocenters. The second-order valence-electron chi connectivity index (χ2n) is 4.22. The molecule has 102 valence electrons. The smallest absolute Gasteiger partial charge is 0.307 e. The number of rotatable bonds is 6. The van der Waals surface area contributed by atoms with E-state index in [-0.39, 0.29) is 12.0 Å². The third-order valence-corrected chi connectivity index (χ3v) is 3.26. The quantitative estimate of drug-likeness (QED) is 0.805. The number of aromatic nitrogens is 2. The number of nitrogens with one attached hydrogen (secondary N) is 1. The van der Waals surface area contributed by atoms with Crippen LogP contribution in [0.2, 0.25) is 5.02 Å². The van der Waals surface area contributed by atoms with E-state index in [1.165, 1.54) is 7.11 Å². The molecule has 0 aliphatic carbocycles. The van der Waals surface area contributed by atoms with Crippen LogP contribution < -0.4 is 5.32 Å². The SMILES string of the molecule is CCn1nc(C)c(Cl)c1CNC(C)CC(=O)OC. The molecule has 0 aliphatic rings. The maximum atomic E-state index is 11.1. The Morgan fingerprint density at radius 2 is 2.28 bits per heavy atom. The minimum Gasteiger partial charge on any atom is -0.469 e. The molecule has 0 saturated heterocycles. The lowest BCUT2D eigenvalue weighted by molar-refractivity contribution is -0.141. The van der Waals surface area contributed by atoms with Crippen molar-refractivity contribution in [2.45, 2.75) is 46.3 Å². The first-order chi connectivity index (χ1) is 8.49. The highest BCUT2D eigenvalue weighted by molar-refractivity contribution is 6.31. The fourth-order valence-electron chi connectivity index (χ4n) is 1.71. The van der Waals surface area contributed by atoms with Gasteiger partial charge >= 0.3 is 5.97 Å². The van der Waals surface area contributed by atoms with Crippen LogP contribution in [0.25, 0.3) is 0 Å². The molecule has 0 aliphatic heterocycles. The molecule has 0 bridgehead atoms. The van der Waals surface area contributed by atoms with Crippen LogP contribution in [0.4, 0.5) is 0 Å². The maximum absolute atomic E-state index is 11.1. The fourth-order valence-corrected chi connectivity index (χ4v) is 1.92. The van der Waals surface area contributed by atoms with E-state index in [4.69, 9.17) is 11.6 Å². The Morgan fingerprint density at radius 3 is 2.83 bits per heavy atom. The predicted octanol–water partition coefficient (Wildman–Crippen LogP) is 1.91. The molecule has 5 nitrogen and oxygen atoms in total. The molecule has 0 radical (unpaired) electrons. The van der Waals surface area contributed by atoms with Gasteiger partial charge in [-0.1, -0.05) is 11.6 Å². The minimum atomic E-state index is -0.221. The van der Waals surface area contributed by atoms with E-state index in [2.05, 4.69) is 15.2 Å². The average Bonchev–Trinajstić information content (AvgIpc) is 2.62. The topological polar surface area (TPSA) is 56.2 Å². The number of halogens is 1. The van der Waals surface area contributed by atoms with Crippen LogP contribution in [-0.2, 0) is 22.6 Å². The van der Waals surface area contributed by atoms with Crippen molar-refractivity contribution < 1.29 is 9.53 Å². The predicted molar refractivity (Wildman–Crippen MR) is 70.6 cm³/mol. The summed E-state index contributed by atoms with van der Waals surface area (Å²) in [6, 6.07) is 0.0361. The summed E-state index contributed by atoms with van der Waals surface area (Å²) < 4.78 is 6.49. The zero-order valence-corrected chi connectivity index (χ0v) is 12.0. The van der Waals surface area contributed by atoms with Crippen LogP contribution in [0, 0.1) is 6.92 Å². The standard InChI is InChI=1S/C12H20ClN3O2/c1-5-16-10(12(13)9(3)15-16)7-14-8(2)6-11(17)18-4/h8,14H,5-7H2,1-4H3. The number of nitrogens with zero attached hydrogens (tertiary/aromatic N) is 2. The number of hydrogen-bond acceptors (Lipinski definition) is 4. The first kappa shape index (κ1) is 15.0. The molecule has 1 N–H and O–H groups in total. The largest absolute Gasteiger partial charge is 0.469 e. The number of carbonyl (C=O) groups is 1. The summed E-state index contributed by atoms with van der Waals surface area (Å²) in [4.78, 5) is 11.1. The second kappa shape index (κ2) is 6.75. The van der Waals surface area contributed by atoms with E-state index in [0.29, 0.717) is 18.0 Å². The van der Waals surface area contributed by atoms with Gasteiger partial charge in [-0.15, -0.1) is 0 Å². The molecule has 0 spiro atoms.